The van der Waals surface area contributed by atoms with Gasteiger partial charge in [-0.05, 0) is 33.4 Å². The molecule has 0 aromatic rings. The van der Waals surface area contributed by atoms with E-state index < -0.39 is 6.10 Å². The number of hydrogen-bond acceptors (Lipinski definition) is 4. The monoisotopic (exact) mass is 202 g/mol. The van der Waals surface area contributed by atoms with E-state index in [9.17, 15) is 5.11 Å². The van der Waals surface area contributed by atoms with Gasteiger partial charge >= 0.3 is 0 Å². The number of aliphatic hydroxyl groups excluding tert-OH is 2. The Morgan fingerprint density at radius 2 is 2.29 bits per heavy atom. The van der Waals surface area contributed by atoms with E-state index in [2.05, 4.69) is 24.2 Å². The zero-order chi connectivity index (χ0) is 10.6. The minimum absolute atomic E-state index is 0.158. The van der Waals surface area contributed by atoms with E-state index in [0.717, 1.165) is 19.4 Å². The average molecular weight is 202 g/mol. The first-order valence-corrected chi connectivity index (χ1v) is 5.36. The molecule has 3 unspecified atom stereocenters. The van der Waals surface area contributed by atoms with Gasteiger partial charge in [-0.3, -0.25) is 0 Å². The molecule has 14 heavy (non-hydrogen) atoms. The summed E-state index contributed by atoms with van der Waals surface area (Å²) in [4.78, 5) is 2.35. The largest absolute Gasteiger partial charge is 0.394 e. The van der Waals surface area contributed by atoms with Crippen molar-refractivity contribution >= 4 is 0 Å². The summed E-state index contributed by atoms with van der Waals surface area (Å²) in [7, 11) is 2.14. The van der Waals surface area contributed by atoms with Crippen LogP contribution in [-0.4, -0.2) is 60.0 Å². The molecule has 84 valence electrons. The van der Waals surface area contributed by atoms with Crippen LogP contribution in [0, 0.1) is 0 Å². The second-order valence-electron chi connectivity index (χ2n) is 4.30. The fraction of sp³-hybridized carbons (Fsp3) is 1.00. The third-order valence-corrected chi connectivity index (χ3v) is 3.06. The number of nitrogens with zero attached hydrogens (tertiary/aromatic N) is 1. The maximum absolute atomic E-state index is 9.18. The zero-order valence-electron chi connectivity index (χ0n) is 9.11. The topological polar surface area (TPSA) is 55.7 Å². The van der Waals surface area contributed by atoms with E-state index in [1.54, 1.807) is 0 Å². The predicted molar refractivity (Wildman–Crippen MR) is 56.2 cm³/mol. The maximum atomic E-state index is 9.18. The normalized spacial score (nSPS) is 31.7. The fourth-order valence-electron chi connectivity index (χ4n) is 1.84. The molecule has 1 saturated heterocycles. The molecular weight excluding hydrogens is 180 g/mol. The molecule has 1 fully saturated rings. The van der Waals surface area contributed by atoms with Gasteiger partial charge in [-0.2, -0.15) is 0 Å². The molecule has 1 aliphatic heterocycles. The fourth-order valence-corrected chi connectivity index (χ4v) is 1.84. The predicted octanol–water partition coefficient (Wildman–Crippen LogP) is -0.588. The van der Waals surface area contributed by atoms with Crippen LogP contribution in [0.1, 0.15) is 19.8 Å². The van der Waals surface area contributed by atoms with Crippen molar-refractivity contribution in [1.29, 1.82) is 0 Å². The molecule has 0 aromatic heterocycles. The van der Waals surface area contributed by atoms with Crippen LogP contribution in [0.3, 0.4) is 0 Å². The van der Waals surface area contributed by atoms with Crippen molar-refractivity contribution in [2.24, 2.45) is 0 Å². The van der Waals surface area contributed by atoms with E-state index in [-0.39, 0.29) is 6.61 Å². The number of likely N-dealkylation sites (tertiary alicyclic amines) is 1. The molecule has 0 saturated carbocycles. The number of aliphatic hydroxyl groups is 2. The molecule has 0 aromatic carbocycles. The van der Waals surface area contributed by atoms with E-state index in [1.165, 1.54) is 0 Å². The van der Waals surface area contributed by atoms with Crippen LogP contribution >= 0.6 is 0 Å². The summed E-state index contributed by atoms with van der Waals surface area (Å²) in [5.74, 6) is 0. The Bertz CT molecular complexity index is 166. The quantitative estimate of drug-likeness (QED) is 0.570. The third kappa shape index (κ3) is 3.53. The van der Waals surface area contributed by atoms with Crippen molar-refractivity contribution in [3.63, 3.8) is 0 Å². The lowest BCUT2D eigenvalue weighted by Crippen LogP contribution is -2.47. The summed E-state index contributed by atoms with van der Waals surface area (Å²) >= 11 is 0. The summed E-state index contributed by atoms with van der Waals surface area (Å²) in [5.41, 5.74) is 0. The summed E-state index contributed by atoms with van der Waals surface area (Å²) in [5, 5.41) is 21.1. The summed E-state index contributed by atoms with van der Waals surface area (Å²) in [6, 6.07) is 1.09. The van der Waals surface area contributed by atoms with Gasteiger partial charge in [0.05, 0.1) is 12.7 Å². The Morgan fingerprint density at radius 1 is 1.57 bits per heavy atom. The molecule has 0 amide bonds. The molecule has 4 nitrogen and oxygen atoms in total. The summed E-state index contributed by atoms with van der Waals surface area (Å²) in [6.45, 7) is 3.66. The lowest BCUT2D eigenvalue weighted by Gasteiger charge is -2.35. The van der Waals surface area contributed by atoms with Crippen molar-refractivity contribution < 1.29 is 10.2 Å². The van der Waals surface area contributed by atoms with Crippen molar-refractivity contribution in [2.75, 3.05) is 26.7 Å². The Labute approximate surface area is 85.9 Å². The number of hydrogen-bond donors (Lipinski definition) is 3. The van der Waals surface area contributed by atoms with Gasteiger partial charge in [-0.15, -0.1) is 0 Å². The first kappa shape index (κ1) is 11.9. The van der Waals surface area contributed by atoms with Gasteiger partial charge in [0.2, 0.25) is 0 Å². The Kier molecular flexibility index (Phi) is 4.81. The van der Waals surface area contributed by atoms with Crippen LogP contribution in [0.25, 0.3) is 0 Å². The molecule has 0 bridgehead atoms. The van der Waals surface area contributed by atoms with Crippen molar-refractivity contribution in [3.8, 4) is 0 Å². The third-order valence-electron chi connectivity index (χ3n) is 3.06. The van der Waals surface area contributed by atoms with Crippen LogP contribution in [0.5, 0.6) is 0 Å². The van der Waals surface area contributed by atoms with Crippen LogP contribution in [0.2, 0.25) is 0 Å². The van der Waals surface area contributed by atoms with Crippen LogP contribution < -0.4 is 5.32 Å². The maximum Gasteiger partial charge on any atom is 0.0895 e. The zero-order valence-corrected chi connectivity index (χ0v) is 9.11. The highest BCUT2D eigenvalue weighted by Crippen LogP contribution is 2.14. The van der Waals surface area contributed by atoms with Gasteiger partial charge in [-0.25, -0.2) is 0 Å². The van der Waals surface area contributed by atoms with Crippen molar-refractivity contribution in [1.82, 2.24) is 10.2 Å². The van der Waals surface area contributed by atoms with Crippen molar-refractivity contribution in [2.45, 2.75) is 38.0 Å². The van der Waals surface area contributed by atoms with Gasteiger partial charge in [-0.1, -0.05) is 0 Å². The second kappa shape index (κ2) is 5.66. The van der Waals surface area contributed by atoms with E-state index in [1.807, 2.05) is 0 Å². The van der Waals surface area contributed by atoms with Gasteiger partial charge in [0.15, 0.2) is 0 Å². The van der Waals surface area contributed by atoms with Gasteiger partial charge in [0.25, 0.3) is 0 Å². The molecule has 1 heterocycles. The first-order valence-electron chi connectivity index (χ1n) is 5.36. The second-order valence-corrected chi connectivity index (χ2v) is 4.30. The molecule has 3 N–H and O–H groups in total. The number of rotatable bonds is 4. The lowest BCUT2D eigenvalue weighted by atomic mass is 9.99. The van der Waals surface area contributed by atoms with Gasteiger partial charge < -0.3 is 20.4 Å². The lowest BCUT2D eigenvalue weighted by molar-refractivity contribution is 0.0854. The Balaban J connectivity index is 2.20. The molecule has 3 atom stereocenters. The van der Waals surface area contributed by atoms with E-state index in [4.69, 9.17) is 5.11 Å². The minimum Gasteiger partial charge on any atom is -0.394 e. The standard InChI is InChI=1S/C10H22N2O2/c1-8-5-9(3-4-12(8)2)11-6-10(14)7-13/h8-11,13-14H,3-7H2,1-2H3. The minimum atomic E-state index is -0.620. The SMILES string of the molecule is CC1CC(NCC(O)CO)CCN1C. The van der Waals surface area contributed by atoms with Crippen LogP contribution in [-0.2, 0) is 0 Å². The highest BCUT2D eigenvalue weighted by Gasteiger charge is 2.22. The number of piperidine rings is 1. The average Bonchev–Trinajstić information content (AvgIpc) is 2.19. The van der Waals surface area contributed by atoms with Gasteiger partial charge in [0.1, 0.15) is 0 Å². The van der Waals surface area contributed by atoms with Gasteiger partial charge in [0, 0.05) is 18.6 Å². The highest BCUT2D eigenvalue weighted by molar-refractivity contribution is 4.81. The molecular formula is C10H22N2O2. The van der Waals surface area contributed by atoms with Crippen molar-refractivity contribution in [3.05, 3.63) is 0 Å². The van der Waals surface area contributed by atoms with Crippen LogP contribution in [0.4, 0.5) is 0 Å². The summed E-state index contributed by atoms with van der Waals surface area (Å²) in [6.07, 6.45) is 1.62. The smallest absolute Gasteiger partial charge is 0.0895 e. The first-order chi connectivity index (χ1) is 6.63. The summed E-state index contributed by atoms with van der Waals surface area (Å²) < 4.78 is 0. The Morgan fingerprint density at radius 3 is 2.86 bits per heavy atom. The molecule has 0 radical (unpaired) electrons. The molecule has 0 spiro atoms. The molecule has 4 heteroatoms. The van der Waals surface area contributed by atoms with E-state index in [0.29, 0.717) is 18.6 Å². The van der Waals surface area contributed by atoms with Crippen LogP contribution in [0.15, 0.2) is 0 Å². The molecule has 1 aliphatic rings. The highest BCUT2D eigenvalue weighted by atomic mass is 16.3. The molecule has 1 rings (SSSR count). The van der Waals surface area contributed by atoms with E-state index >= 15 is 0 Å². The number of nitrogens with one attached hydrogen (secondary N) is 1. The molecule has 0 aliphatic carbocycles. The Hall–Kier alpha value is -0.160.